The van der Waals surface area contributed by atoms with Gasteiger partial charge in [0.25, 0.3) is 5.91 Å². The van der Waals surface area contributed by atoms with Crippen LogP contribution >= 0.6 is 0 Å². The van der Waals surface area contributed by atoms with E-state index in [4.69, 9.17) is 9.15 Å². The summed E-state index contributed by atoms with van der Waals surface area (Å²) in [5.41, 5.74) is 3.11. The predicted octanol–water partition coefficient (Wildman–Crippen LogP) is 3.21. The van der Waals surface area contributed by atoms with Crippen LogP contribution in [0.15, 0.2) is 41.3 Å². The van der Waals surface area contributed by atoms with Gasteiger partial charge in [0.15, 0.2) is 23.7 Å². The Balaban J connectivity index is 1.10. The normalized spacial score (nSPS) is 16.5. The number of fused-ring (bicyclic) bond motifs is 1. The zero-order valence-corrected chi connectivity index (χ0v) is 20.9. The molecule has 1 aliphatic carbocycles. The molecule has 0 bridgehead atoms. The van der Waals surface area contributed by atoms with Gasteiger partial charge < -0.3 is 24.9 Å². The van der Waals surface area contributed by atoms with Crippen LogP contribution in [-0.4, -0.2) is 57.7 Å². The molecule has 0 unspecified atom stereocenters. The summed E-state index contributed by atoms with van der Waals surface area (Å²) in [5, 5.41) is 16.7. The van der Waals surface area contributed by atoms with Crippen LogP contribution < -0.4 is 15.4 Å². The van der Waals surface area contributed by atoms with Gasteiger partial charge in [0, 0.05) is 44.0 Å². The maximum Gasteiger partial charge on any atom is 0.251 e. The van der Waals surface area contributed by atoms with E-state index in [0.29, 0.717) is 49.2 Å². The number of carbonyl (C=O) groups excluding carboxylic acids is 1. The van der Waals surface area contributed by atoms with Crippen molar-refractivity contribution in [2.24, 2.45) is 0 Å². The first-order valence-corrected chi connectivity index (χ1v) is 12.7. The topological polar surface area (TPSA) is 113 Å². The predicted molar refractivity (Wildman–Crippen MR) is 135 cm³/mol. The lowest BCUT2D eigenvalue weighted by Crippen LogP contribution is -2.42. The highest BCUT2D eigenvalue weighted by molar-refractivity contribution is 5.94. The average molecular weight is 510 g/mol. The molecule has 1 aliphatic heterocycles. The van der Waals surface area contributed by atoms with E-state index in [1.54, 1.807) is 24.4 Å². The number of hydrogen-bond acceptors (Lipinski definition) is 8. The number of rotatable bonds is 10. The zero-order valence-electron chi connectivity index (χ0n) is 20.9. The van der Waals surface area contributed by atoms with Crippen LogP contribution in [0.1, 0.15) is 52.2 Å². The number of benzene rings is 1. The standard InChI is InChI=1S/C27H32FN5O4/c1-17-25(37-16-31-17)15-36-24-10-18-6-8-33(13-20(18)9-23(24)28)14-22(34)12-30-27(35)19-5-7-29-26(11-19)32-21-3-2-4-21/h5,7,9-11,16,21-22,34H,2-4,6,8,12-15H2,1H3,(H,29,32)(H,30,35)/t22-/m0/s1. The van der Waals surface area contributed by atoms with E-state index in [1.807, 2.05) is 6.92 Å². The molecule has 1 aromatic carbocycles. The molecule has 5 rings (SSSR count). The lowest BCUT2D eigenvalue weighted by atomic mass is 9.93. The Hall–Kier alpha value is -3.50. The van der Waals surface area contributed by atoms with Gasteiger partial charge in [-0.15, -0.1) is 0 Å². The fraction of sp³-hybridized carbons (Fsp3) is 0.444. The van der Waals surface area contributed by atoms with Crippen molar-refractivity contribution in [3.63, 3.8) is 0 Å². The monoisotopic (exact) mass is 509 g/mol. The van der Waals surface area contributed by atoms with Gasteiger partial charge in [-0.25, -0.2) is 14.4 Å². The largest absolute Gasteiger partial charge is 0.482 e. The Morgan fingerprint density at radius 3 is 2.92 bits per heavy atom. The molecule has 2 aliphatic rings. The Morgan fingerprint density at radius 2 is 2.16 bits per heavy atom. The number of carbonyl (C=O) groups is 1. The molecule has 0 saturated heterocycles. The number of nitrogens with one attached hydrogen (secondary N) is 2. The van der Waals surface area contributed by atoms with Crippen LogP contribution in [0.5, 0.6) is 5.75 Å². The fourth-order valence-corrected chi connectivity index (χ4v) is 4.58. The molecular formula is C27H32FN5O4. The quantitative estimate of drug-likeness (QED) is 0.382. The first-order valence-electron chi connectivity index (χ1n) is 12.7. The number of β-amino-alcohol motifs (C(OH)–C–C–N with tert-alkyl or cyclic N) is 1. The minimum atomic E-state index is -0.752. The second-order valence-corrected chi connectivity index (χ2v) is 9.75. The first kappa shape index (κ1) is 25.2. The van der Waals surface area contributed by atoms with Gasteiger partial charge in [-0.3, -0.25) is 9.69 Å². The molecule has 10 heteroatoms. The van der Waals surface area contributed by atoms with E-state index in [9.17, 15) is 14.3 Å². The molecule has 37 heavy (non-hydrogen) atoms. The second kappa shape index (κ2) is 11.3. The number of pyridine rings is 1. The van der Waals surface area contributed by atoms with Crippen LogP contribution in [0.2, 0.25) is 0 Å². The smallest absolute Gasteiger partial charge is 0.251 e. The molecule has 3 N–H and O–H groups in total. The number of anilines is 1. The number of aromatic nitrogens is 2. The number of aliphatic hydroxyl groups is 1. The third-order valence-electron chi connectivity index (χ3n) is 7.00. The first-order chi connectivity index (χ1) is 17.9. The molecular weight excluding hydrogens is 477 g/mol. The summed E-state index contributed by atoms with van der Waals surface area (Å²) in [5.74, 6) is 0.761. The molecule has 196 valence electrons. The summed E-state index contributed by atoms with van der Waals surface area (Å²) in [6.45, 7) is 3.64. The van der Waals surface area contributed by atoms with Crippen LogP contribution in [0.4, 0.5) is 10.2 Å². The Morgan fingerprint density at radius 1 is 1.30 bits per heavy atom. The fourth-order valence-electron chi connectivity index (χ4n) is 4.58. The van der Waals surface area contributed by atoms with E-state index < -0.39 is 11.9 Å². The molecule has 1 fully saturated rings. The Bertz CT molecular complexity index is 1250. The number of oxazole rings is 1. The van der Waals surface area contributed by atoms with Crippen LogP contribution in [0.25, 0.3) is 0 Å². The van der Waals surface area contributed by atoms with Crippen molar-refractivity contribution >= 4 is 11.7 Å². The third kappa shape index (κ3) is 6.26. The number of aliphatic hydroxyl groups excluding tert-OH is 1. The van der Waals surface area contributed by atoms with Gasteiger partial charge >= 0.3 is 0 Å². The van der Waals surface area contributed by atoms with Gasteiger partial charge in [0.05, 0.1) is 11.8 Å². The molecule has 0 radical (unpaired) electrons. The highest BCUT2D eigenvalue weighted by Gasteiger charge is 2.22. The average Bonchev–Trinajstić information content (AvgIpc) is 3.28. The van der Waals surface area contributed by atoms with Crippen molar-refractivity contribution in [2.45, 2.75) is 57.9 Å². The van der Waals surface area contributed by atoms with Crippen molar-refractivity contribution in [1.82, 2.24) is 20.2 Å². The summed E-state index contributed by atoms with van der Waals surface area (Å²) in [6.07, 6.45) is 6.37. The van der Waals surface area contributed by atoms with Gasteiger partial charge in [-0.1, -0.05) is 0 Å². The van der Waals surface area contributed by atoms with Crippen molar-refractivity contribution in [3.8, 4) is 5.75 Å². The SMILES string of the molecule is Cc1ncoc1COc1cc2c(cc1F)CN(C[C@@H](O)CNC(=O)c1ccnc(NC3CCC3)c1)CC2. The summed E-state index contributed by atoms with van der Waals surface area (Å²) in [6, 6.07) is 7.07. The minimum Gasteiger partial charge on any atom is -0.482 e. The molecule has 9 nitrogen and oxygen atoms in total. The minimum absolute atomic E-state index is 0.114. The Labute approximate surface area is 215 Å². The van der Waals surface area contributed by atoms with Crippen molar-refractivity contribution in [2.75, 3.05) is 25.0 Å². The molecule has 1 atom stereocenters. The van der Waals surface area contributed by atoms with Gasteiger partial charge in [0.2, 0.25) is 0 Å². The Kier molecular flexibility index (Phi) is 7.66. The summed E-state index contributed by atoms with van der Waals surface area (Å²) < 4.78 is 25.6. The number of hydrogen-bond donors (Lipinski definition) is 3. The second-order valence-electron chi connectivity index (χ2n) is 9.75. The molecule has 3 heterocycles. The van der Waals surface area contributed by atoms with Crippen molar-refractivity contribution in [1.29, 1.82) is 0 Å². The van der Waals surface area contributed by atoms with Gasteiger partial charge in [-0.05, 0) is 68.0 Å². The van der Waals surface area contributed by atoms with Crippen LogP contribution in [-0.2, 0) is 19.6 Å². The molecule has 3 aromatic rings. The summed E-state index contributed by atoms with van der Waals surface area (Å²) >= 11 is 0. The molecule has 1 saturated carbocycles. The lowest BCUT2D eigenvalue weighted by Gasteiger charge is -2.30. The van der Waals surface area contributed by atoms with Gasteiger partial charge in [-0.2, -0.15) is 0 Å². The number of halogens is 1. The number of nitrogens with zero attached hydrogens (tertiary/aromatic N) is 3. The maximum absolute atomic E-state index is 14.7. The van der Waals surface area contributed by atoms with Crippen LogP contribution in [0, 0.1) is 12.7 Å². The number of ether oxygens (including phenoxy) is 1. The third-order valence-corrected chi connectivity index (χ3v) is 7.00. The van der Waals surface area contributed by atoms with Crippen molar-refractivity contribution < 1.29 is 23.4 Å². The lowest BCUT2D eigenvalue weighted by molar-refractivity contribution is 0.0841. The molecule has 2 aromatic heterocycles. The maximum atomic E-state index is 14.7. The molecule has 1 amide bonds. The number of amides is 1. The molecule has 0 spiro atoms. The van der Waals surface area contributed by atoms with E-state index in [1.165, 1.54) is 18.9 Å². The van der Waals surface area contributed by atoms with E-state index >= 15 is 0 Å². The highest BCUT2D eigenvalue weighted by Crippen LogP contribution is 2.28. The number of aryl methyl sites for hydroxylation is 1. The van der Waals surface area contributed by atoms with Crippen molar-refractivity contribution in [3.05, 3.63) is 70.8 Å². The zero-order chi connectivity index (χ0) is 25.8. The van der Waals surface area contributed by atoms with E-state index in [0.717, 1.165) is 29.7 Å². The van der Waals surface area contributed by atoms with E-state index in [2.05, 4.69) is 25.5 Å². The van der Waals surface area contributed by atoms with Gasteiger partial charge in [0.1, 0.15) is 12.4 Å². The highest BCUT2D eigenvalue weighted by atomic mass is 19.1. The van der Waals surface area contributed by atoms with Crippen LogP contribution in [0.3, 0.4) is 0 Å². The summed E-state index contributed by atoms with van der Waals surface area (Å²) in [4.78, 5) is 22.9. The summed E-state index contributed by atoms with van der Waals surface area (Å²) in [7, 11) is 0. The van der Waals surface area contributed by atoms with E-state index in [-0.39, 0.29) is 24.8 Å².